The monoisotopic (exact) mass is 166 g/mol. The van der Waals surface area contributed by atoms with Gasteiger partial charge in [0, 0.05) is 5.56 Å². The summed E-state index contributed by atoms with van der Waals surface area (Å²) < 4.78 is 4.66. The number of carbonyl (C=O) groups is 1. The van der Waals surface area contributed by atoms with Crippen molar-refractivity contribution in [3.63, 3.8) is 0 Å². The first-order valence-electron chi connectivity index (χ1n) is 3.48. The van der Waals surface area contributed by atoms with Crippen LogP contribution in [0.25, 0.3) is 0 Å². The molecule has 4 nitrogen and oxygen atoms in total. The zero-order valence-corrected chi connectivity index (χ0v) is 6.44. The van der Waals surface area contributed by atoms with E-state index in [9.17, 15) is 4.79 Å². The number of hydrogen-bond donors (Lipinski definition) is 2. The Morgan fingerprint density at radius 2 is 2.08 bits per heavy atom. The average Bonchev–Trinajstić information content (AvgIpc) is 2.15. The first kappa shape index (κ1) is 8.70. The molecule has 0 amide bonds. The predicted octanol–water partition coefficient (Wildman–Crippen LogP) is 0.321. The molecule has 0 heterocycles. The fourth-order valence-corrected chi connectivity index (χ4v) is 0.897. The molecule has 4 heteroatoms. The highest BCUT2D eigenvalue weighted by atomic mass is 16.5. The summed E-state index contributed by atoms with van der Waals surface area (Å²) in [6, 6.07) is 9.18. The Bertz CT molecular complexity index is 238. The number of ether oxygens (including phenoxy) is 1. The molecular formula is C8H10N2O2. The molecule has 0 aliphatic rings. The quantitative estimate of drug-likeness (QED) is 0.292. The van der Waals surface area contributed by atoms with Crippen molar-refractivity contribution in [1.29, 1.82) is 0 Å². The zero-order chi connectivity index (χ0) is 8.81. The molecule has 0 radical (unpaired) electrons. The Kier molecular flexibility index (Phi) is 3.25. The van der Waals surface area contributed by atoms with E-state index in [-0.39, 0.29) is 0 Å². The van der Waals surface area contributed by atoms with Gasteiger partial charge in [0.2, 0.25) is 0 Å². The third-order valence-corrected chi connectivity index (χ3v) is 1.45. The van der Waals surface area contributed by atoms with Crippen LogP contribution in [0.1, 0.15) is 11.8 Å². The van der Waals surface area contributed by atoms with Crippen molar-refractivity contribution in [2.24, 2.45) is 5.84 Å². The van der Waals surface area contributed by atoms with Gasteiger partial charge in [-0.25, -0.2) is 5.43 Å². The molecule has 3 N–H and O–H groups in total. The largest absolute Gasteiger partial charge is 0.443 e. The fraction of sp³-hybridized carbons (Fsp3) is 0.125. The van der Waals surface area contributed by atoms with Gasteiger partial charge in [-0.05, 0) is 0 Å². The summed E-state index contributed by atoms with van der Waals surface area (Å²) in [5.74, 6) is 5.16. The van der Waals surface area contributed by atoms with Gasteiger partial charge < -0.3 is 4.74 Å². The molecule has 1 atom stereocenters. The maximum atomic E-state index is 10.0. The van der Waals surface area contributed by atoms with Crippen LogP contribution in [0.5, 0.6) is 0 Å². The molecule has 0 spiro atoms. The molecule has 0 aliphatic carbocycles. The molecule has 1 unspecified atom stereocenters. The van der Waals surface area contributed by atoms with E-state index in [1.54, 1.807) is 0 Å². The Balaban J connectivity index is 2.72. The second-order valence-corrected chi connectivity index (χ2v) is 2.19. The predicted molar refractivity (Wildman–Crippen MR) is 43.7 cm³/mol. The van der Waals surface area contributed by atoms with E-state index in [1.165, 1.54) is 0 Å². The highest BCUT2D eigenvalue weighted by molar-refractivity contribution is 5.38. The Morgan fingerprint density at radius 1 is 1.42 bits per heavy atom. The van der Waals surface area contributed by atoms with Crippen LogP contribution in [0.3, 0.4) is 0 Å². The van der Waals surface area contributed by atoms with Crippen LogP contribution < -0.4 is 11.3 Å². The molecule has 0 aliphatic heterocycles. The number of nitrogens with one attached hydrogen (secondary N) is 1. The van der Waals surface area contributed by atoms with E-state index in [0.29, 0.717) is 6.47 Å². The highest BCUT2D eigenvalue weighted by Gasteiger charge is 2.07. The molecule has 1 aromatic carbocycles. The van der Waals surface area contributed by atoms with Gasteiger partial charge in [0.1, 0.15) is 0 Å². The lowest BCUT2D eigenvalue weighted by atomic mass is 10.2. The van der Waals surface area contributed by atoms with Crippen LogP contribution in [0, 0.1) is 0 Å². The summed E-state index contributed by atoms with van der Waals surface area (Å²) in [6.07, 6.45) is -0.566. The van der Waals surface area contributed by atoms with Crippen LogP contribution in [0.15, 0.2) is 30.3 Å². The van der Waals surface area contributed by atoms with Crippen molar-refractivity contribution >= 4 is 6.47 Å². The Morgan fingerprint density at radius 3 is 2.58 bits per heavy atom. The normalized spacial score (nSPS) is 12.1. The van der Waals surface area contributed by atoms with Crippen LogP contribution in [-0.4, -0.2) is 6.47 Å². The average molecular weight is 166 g/mol. The lowest BCUT2D eigenvalue weighted by molar-refractivity contribution is -0.135. The van der Waals surface area contributed by atoms with Crippen molar-refractivity contribution in [2.45, 2.75) is 6.23 Å². The third kappa shape index (κ3) is 2.05. The molecular weight excluding hydrogens is 156 g/mol. The van der Waals surface area contributed by atoms with Gasteiger partial charge in [0.15, 0.2) is 6.23 Å². The summed E-state index contributed by atoms with van der Waals surface area (Å²) in [4.78, 5) is 10.0. The summed E-state index contributed by atoms with van der Waals surface area (Å²) in [6.45, 7) is 0.359. The second-order valence-electron chi connectivity index (χ2n) is 2.19. The molecule has 0 bridgehead atoms. The lowest BCUT2D eigenvalue weighted by Gasteiger charge is -2.13. The summed E-state index contributed by atoms with van der Waals surface area (Å²) >= 11 is 0. The second kappa shape index (κ2) is 4.48. The standard InChI is InChI=1S/C8H10N2O2/c9-10-8(12-6-11)7-4-2-1-3-5-7/h1-6,8,10H,9H2. The number of benzene rings is 1. The Hall–Kier alpha value is -1.39. The molecule has 1 rings (SSSR count). The van der Waals surface area contributed by atoms with Gasteiger partial charge >= 0.3 is 0 Å². The van der Waals surface area contributed by atoms with Gasteiger partial charge in [0.05, 0.1) is 0 Å². The number of carbonyl (C=O) groups excluding carboxylic acids is 1. The minimum absolute atomic E-state index is 0.359. The molecule has 0 saturated heterocycles. The third-order valence-electron chi connectivity index (χ3n) is 1.45. The molecule has 0 aromatic heterocycles. The van der Waals surface area contributed by atoms with Crippen molar-refractivity contribution in [2.75, 3.05) is 0 Å². The number of rotatable bonds is 4. The van der Waals surface area contributed by atoms with Gasteiger partial charge in [-0.3, -0.25) is 10.6 Å². The van der Waals surface area contributed by atoms with Crippen molar-refractivity contribution in [3.05, 3.63) is 35.9 Å². The smallest absolute Gasteiger partial charge is 0.294 e. The van der Waals surface area contributed by atoms with Gasteiger partial charge in [-0.15, -0.1) is 0 Å². The molecule has 0 fully saturated rings. The van der Waals surface area contributed by atoms with E-state index in [4.69, 9.17) is 5.84 Å². The van der Waals surface area contributed by atoms with E-state index in [2.05, 4.69) is 10.2 Å². The minimum Gasteiger partial charge on any atom is -0.443 e. The Labute approximate surface area is 70.3 Å². The van der Waals surface area contributed by atoms with Crippen LogP contribution in [0.4, 0.5) is 0 Å². The maximum Gasteiger partial charge on any atom is 0.294 e. The molecule has 1 aromatic rings. The summed E-state index contributed by atoms with van der Waals surface area (Å²) in [5, 5.41) is 0. The molecule has 64 valence electrons. The van der Waals surface area contributed by atoms with Crippen LogP contribution in [-0.2, 0) is 9.53 Å². The minimum atomic E-state index is -0.566. The number of nitrogens with two attached hydrogens (primary N) is 1. The topological polar surface area (TPSA) is 64.3 Å². The molecule has 12 heavy (non-hydrogen) atoms. The SMILES string of the molecule is NNC(OC=O)c1ccccc1. The first-order chi connectivity index (χ1) is 5.88. The summed E-state index contributed by atoms with van der Waals surface area (Å²) in [7, 11) is 0. The van der Waals surface area contributed by atoms with Gasteiger partial charge in [-0.2, -0.15) is 0 Å². The zero-order valence-electron chi connectivity index (χ0n) is 6.44. The summed E-state index contributed by atoms with van der Waals surface area (Å²) in [5.41, 5.74) is 3.18. The van der Waals surface area contributed by atoms with E-state index in [1.807, 2.05) is 30.3 Å². The molecule has 0 saturated carbocycles. The van der Waals surface area contributed by atoms with Crippen molar-refractivity contribution < 1.29 is 9.53 Å². The van der Waals surface area contributed by atoms with Crippen molar-refractivity contribution in [3.8, 4) is 0 Å². The number of hydrazine groups is 1. The van der Waals surface area contributed by atoms with E-state index < -0.39 is 6.23 Å². The van der Waals surface area contributed by atoms with Crippen molar-refractivity contribution in [1.82, 2.24) is 5.43 Å². The van der Waals surface area contributed by atoms with Gasteiger partial charge in [0.25, 0.3) is 6.47 Å². The highest BCUT2D eigenvalue weighted by Crippen LogP contribution is 2.10. The van der Waals surface area contributed by atoms with Gasteiger partial charge in [-0.1, -0.05) is 30.3 Å². The fourth-order valence-electron chi connectivity index (χ4n) is 0.897. The lowest BCUT2D eigenvalue weighted by Crippen LogP contribution is -2.29. The van der Waals surface area contributed by atoms with E-state index >= 15 is 0 Å². The number of hydrogen-bond acceptors (Lipinski definition) is 4. The maximum absolute atomic E-state index is 10.0. The van der Waals surface area contributed by atoms with Crippen LogP contribution >= 0.6 is 0 Å². The van der Waals surface area contributed by atoms with Crippen LogP contribution in [0.2, 0.25) is 0 Å². The van der Waals surface area contributed by atoms with E-state index in [0.717, 1.165) is 5.56 Å². The first-order valence-corrected chi connectivity index (χ1v) is 3.48.